The molecule has 0 heterocycles. The number of carbonyl (C=O) groups is 1. The fourth-order valence-electron chi connectivity index (χ4n) is 2.39. The first kappa shape index (κ1) is 15.2. The molecular formula is C18H19FO2. The average Bonchev–Trinajstić information content (AvgIpc) is 2.54. The van der Waals surface area contributed by atoms with Gasteiger partial charge in [-0.25, -0.2) is 4.39 Å². The van der Waals surface area contributed by atoms with Gasteiger partial charge >= 0.3 is 0 Å². The Balaban J connectivity index is 2.33. The summed E-state index contributed by atoms with van der Waals surface area (Å²) in [6.07, 6.45) is 1.88. The smallest absolute Gasteiger partial charge is 0.168 e. The van der Waals surface area contributed by atoms with Gasteiger partial charge in [0.2, 0.25) is 0 Å². The number of rotatable bonds is 6. The second-order valence-corrected chi connectivity index (χ2v) is 4.84. The Labute approximate surface area is 124 Å². The molecule has 0 spiro atoms. The summed E-state index contributed by atoms with van der Waals surface area (Å²) in [6.45, 7) is 4.09. The van der Waals surface area contributed by atoms with Gasteiger partial charge in [0.05, 0.1) is 0 Å². The van der Waals surface area contributed by atoms with Crippen LogP contribution in [-0.4, -0.2) is 6.29 Å². The molecule has 0 atom stereocenters. The zero-order chi connectivity index (χ0) is 15.2. The Morgan fingerprint density at radius 2 is 1.86 bits per heavy atom. The predicted octanol–water partition coefficient (Wildman–Crippen LogP) is 4.34. The van der Waals surface area contributed by atoms with E-state index in [1.165, 1.54) is 0 Å². The lowest BCUT2D eigenvalue weighted by Gasteiger charge is -2.14. The summed E-state index contributed by atoms with van der Waals surface area (Å²) < 4.78 is 20.1. The molecule has 0 saturated carbocycles. The van der Waals surface area contributed by atoms with Crippen LogP contribution in [0.15, 0.2) is 36.4 Å². The first-order valence-corrected chi connectivity index (χ1v) is 7.17. The molecule has 0 unspecified atom stereocenters. The van der Waals surface area contributed by atoms with E-state index in [9.17, 15) is 9.18 Å². The highest BCUT2D eigenvalue weighted by atomic mass is 19.1. The number of carbonyl (C=O) groups excluding carboxylic acids is 1. The maximum Gasteiger partial charge on any atom is 0.168 e. The van der Waals surface area contributed by atoms with Crippen LogP contribution in [0.4, 0.5) is 4.39 Å². The highest BCUT2D eigenvalue weighted by Crippen LogP contribution is 2.28. The minimum atomic E-state index is -0.423. The molecule has 0 aromatic heterocycles. The van der Waals surface area contributed by atoms with Crippen LogP contribution >= 0.6 is 0 Å². The zero-order valence-electron chi connectivity index (χ0n) is 12.4. The number of hydrogen-bond donors (Lipinski definition) is 0. The van der Waals surface area contributed by atoms with Crippen molar-refractivity contribution in [3.63, 3.8) is 0 Å². The topological polar surface area (TPSA) is 26.3 Å². The molecule has 2 aromatic carbocycles. The van der Waals surface area contributed by atoms with Gasteiger partial charge in [-0.05, 0) is 30.0 Å². The van der Waals surface area contributed by atoms with Gasteiger partial charge in [-0.1, -0.05) is 44.2 Å². The molecule has 0 amide bonds. The lowest BCUT2D eigenvalue weighted by Crippen LogP contribution is -2.06. The highest BCUT2D eigenvalue weighted by molar-refractivity contribution is 5.80. The minimum absolute atomic E-state index is 0.221. The van der Waals surface area contributed by atoms with Crippen LogP contribution in [0.3, 0.4) is 0 Å². The fraction of sp³-hybridized carbons (Fsp3) is 0.278. The average molecular weight is 286 g/mol. The molecule has 0 N–H and O–H groups in total. The summed E-state index contributed by atoms with van der Waals surface area (Å²) >= 11 is 0. The third-order valence-electron chi connectivity index (χ3n) is 3.55. The van der Waals surface area contributed by atoms with Crippen molar-refractivity contribution in [3.8, 4) is 5.75 Å². The van der Waals surface area contributed by atoms with E-state index in [4.69, 9.17) is 4.74 Å². The van der Waals surface area contributed by atoms with Gasteiger partial charge in [-0.3, -0.25) is 4.79 Å². The van der Waals surface area contributed by atoms with E-state index >= 15 is 0 Å². The SMILES string of the molecule is CCc1cc(OCc2ccccc2)c(F)c(CC)c1C=O. The number of halogens is 1. The van der Waals surface area contributed by atoms with Crippen LogP contribution in [0.1, 0.15) is 40.9 Å². The number of ether oxygens (including phenoxy) is 1. The van der Waals surface area contributed by atoms with Gasteiger partial charge < -0.3 is 4.74 Å². The molecule has 0 radical (unpaired) electrons. The van der Waals surface area contributed by atoms with Crippen molar-refractivity contribution in [1.29, 1.82) is 0 Å². The van der Waals surface area contributed by atoms with Crippen molar-refractivity contribution < 1.29 is 13.9 Å². The molecule has 0 bridgehead atoms. The zero-order valence-corrected chi connectivity index (χ0v) is 12.4. The Morgan fingerprint density at radius 3 is 2.43 bits per heavy atom. The molecule has 0 fully saturated rings. The van der Waals surface area contributed by atoms with Gasteiger partial charge in [0.15, 0.2) is 17.9 Å². The lowest BCUT2D eigenvalue weighted by molar-refractivity contribution is 0.112. The molecule has 21 heavy (non-hydrogen) atoms. The van der Waals surface area contributed by atoms with Crippen LogP contribution in [0, 0.1) is 5.82 Å². The highest BCUT2D eigenvalue weighted by Gasteiger charge is 2.17. The first-order valence-electron chi connectivity index (χ1n) is 7.17. The second kappa shape index (κ2) is 7.02. The van der Waals surface area contributed by atoms with E-state index in [0.717, 1.165) is 17.4 Å². The van der Waals surface area contributed by atoms with Crippen LogP contribution in [0.25, 0.3) is 0 Å². The van der Waals surface area contributed by atoms with Gasteiger partial charge in [0, 0.05) is 11.1 Å². The predicted molar refractivity (Wildman–Crippen MR) is 81.3 cm³/mol. The van der Waals surface area contributed by atoms with Gasteiger partial charge in [-0.15, -0.1) is 0 Å². The standard InChI is InChI=1S/C18H19FO2/c1-3-14-10-17(18(19)15(4-2)16(14)11-20)21-12-13-8-6-5-7-9-13/h5-11H,3-4,12H2,1-2H3. The van der Waals surface area contributed by atoms with Crippen molar-refractivity contribution in [2.24, 2.45) is 0 Å². The van der Waals surface area contributed by atoms with Crippen molar-refractivity contribution in [2.45, 2.75) is 33.3 Å². The quantitative estimate of drug-likeness (QED) is 0.738. The van der Waals surface area contributed by atoms with Gasteiger partial charge in [-0.2, -0.15) is 0 Å². The second-order valence-electron chi connectivity index (χ2n) is 4.84. The van der Waals surface area contributed by atoms with Crippen LogP contribution in [0.5, 0.6) is 5.75 Å². The minimum Gasteiger partial charge on any atom is -0.486 e. The normalized spacial score (nSPS) is 10.4. The first-order chi connectivity index (χ1) is 10.2. The van der Waals surface area contributed by atoms with Crippen LogP contribution in [-0.2, 0) is 19.4 Å². The summed E-state index contributed by atoms with van der Waals surface area (Å²) in [5.41, 5.74) is 2.70. The molecular weight excluding hydrogens is 267 g/mol. The maximum absolute atomic E-state index is 14.5. The van der Waals surface area contributed by atoms with Crippen molar-refractivity contribution >= 4 is 6.29 Å². The number of aryl methyl sites for hydroxylation is 1. The van der Waals surface area contributed by atoms with Crippen molar-refractivity contribution in [3.05, 3.63) is 64.5 Å². The Hall–Kier alpha value is -2.16. The maximum atomic E-state index is 14.5. The van der Waals surface area contributed by atoms with E-state index < -0.39 is 5.82 Å². The van der Waals surface area contributed by atoms with Crippen LogP contribution < -0.4 is 4.74 Å². The third kappa shape index (κ3) is 3.30. The fourth-order valence-corrected chi connectivity index (χ4v) is 2.39. The molecule has 3 heteroatoms. The summed E-state index contributed by atoms with van der Waals surface area (Å²) in [6, 6.07) is 11.3. The molecule has 2 rings (SSSR count). The number of benzene rings is 2. The molecule has 0 saturated heterocycles. The molecule has 0 aliphatic heterocycles. The van der Waals surface area contributed by atoms with Gasteiger partial charge in [0.25, 0.3) is 0 Å². The summed E-state index contributed by atoms with van der Waals surface area (Å²) in [7, 11) is 0. The molecule has 110 valence electrons. The monoisotopic (exact) mass is 286 g/mol. The van der Waals surface area contributed by atoms with E-state index in [1.807, 2.05) is 44.2 Å². The van der Waals surface area contributed by atoms with E-state index in [1.54, 1.807) is 6.07 Å². The Bertz CT molecular complexity index is 621. The van der Waals surface area contributed by atoms with Crippen molar-refractivity contribution in [2.75, 3.05) is 0 Å². The van der Waals surface area contributed by atoms with E-state index in [2.05, 4.69) is 0 Å². The molecule has 0 aliphatic rings. The third-order valence-corrected chi connectivity index (χ3v) is 3.55. The summed E-state index contributed by atoms with van der Waals surface area (Å²) in [5, 5.41) is 0. The number of aldehydes is 1. The van der Waals surface area contributed by atoms with Gasteiger partial charge in [0.1, 0.15) is 6.61 Å². The molecule has 0 aliphatic carbocycles. The molecule has 2 aromatic rings. The Kier molecular flexibility index (Phi) is 5.09. The summed E-state index contributed by atoms with van der Waals surface area (Å²) in [5.74, 6) is -0.203. The van der Waals surface area contributed by atoms with Crippen LogP contribution in [0.2, 0.25) is 0 Å². The largest absolute Gasteiger partial charge is 0.486 e. The number of hydrogen-bond acceptors (Lipinski definition) is 2. The van der Waals surface area contributed by atoms with Crippen molar-refractivity contribution in [1.82, 2.24) is 0 Å². The lowest BCUT2D eigenvalue weighted by atomic mass is 9.97. The van der Waals surface area contributed by atoms with E-state index in [-0.39, 0.29) is 5.75 Å². The Morgan fingerprint density at radius 1 is 1.14 bits per heavy atom. The summed E-state index contributed by atoms with van der Waals surface area (Å²) in [4.78, 5) is 11.2. The molecule has 2 nitrogen and oxygen atoms in total. The van der Waals surface area contributed by atoms with E-state index in [0.29, 0.717) is 30.6 Å².